The van der Waals surface area contributed by atoms with Gasteiger partial charge in [0.25, 0.3) is 0 Å². The number of hydrogen-bond acceptors (Lipinski definition) is 2. The average molecular weight is 202 g/mol. The van der Waals surface area contributed by atoms with Gasteiger partial charge in [0.1, 0.15) is 0 Å². The molecule has 0 atom stereocenters. The zero-order chi connectivity index (χ0) is 10.8. The number of nitrogens with zero attached hydrogens (tertiary/aromatic N) is 1. The lowest BCUT2D eigenvalue weighted by molar-refractivity contribution is 0.373. The van der Waals surface area contributed by atoms with Crippen LogP contribution in [-0.2, 0) is 0 Å². The van der Waals surface area contributed by atoms with Gasteiger partial charge in [-0.2, -0.15) is 0 Å². The molecule has 2 nitrogen and oxygen atoms in total. The molecular weight excluding hydrogens is 184 g/mol. The fourth-order valence-corrected chi connectivity index (χ4v) is 1.98. The number of anilines is 1. The maximum Gasteiger partial charge on any atom is 0.0344 e. The van der Waals surface area contributed by atoms with E-state index in [1.54, 1.807) is 0 Å². The Labute approximate surface area is 91.4 Å². The Morgan fingerprint density at radius 3 is 2.80 bits per heavy atom. The van der Waals surface area contributed by atoms with E-state index in [-0.39, 0.29) is 0 Å². The van der Waals surface area contributed by atoms with Crippen LogP contribution in [0.25, 0.3) is 5.57 Å². The molecule has 2 rings (SSSR count). The number of nitrogen functional groups attached to an aromatic ring is 1. The molecule has 1 aliphatic rings. The maximum absolute atomic E-state index is 5.82. The predicted octanol–water partition coefficient (Wildman–Crippen LogP) is 2.30. The molecular formula is C13H18N2. The van der Waals surface area contributed by atoms with Gasteiger partial charge in [-0.3, -0.25) is 0 Å². The smallest absolute Gasteiger partial charge is 0.0344 e. The quantitative estimate of drug-likeness (QED) is 0.708. The molecule has 0 aliphatic carbocycles. The molecule has 0 unspecified atom stereocenters. The van der Waals surface area contributed by atoms with Crippen molar-refractivity contribution < 1.29 is 0 Å². The second kappa shape index (κ2) is 4.07. The minimum atomic E-state index is 0.878. The Bertz CT molecular complexity index is 394. The highest BCUT2D eigenvalue weighted by molar-refractivity contribution is 5.70. The Balaban J connectivity index is 2.29. The Morgan fingerprint density at radius 2 is 2.13 bits per heavy atom. The van der Waals surface area contributed by atoms with E-state index in [1.165, 1.54) is 16.7 Å². The van der Waals surface area contributed by atoms with Crippen LogP contribution >= 0.6 is 0 Å². The van der Waals surface area contributed by atoms with Gasteiger partial charge in [0.15, 0.2) is 0 Å². The van der Waals surface area contributed by atoms with Crippen molar-refractivity contribution in [1.82, 2.24) is 4.90 Å². The minimum Gasteiger partial charge on any atom is -0.399 e. The number of hydrogen-bond donors (Lipinski definition) is 1. The molecule has 1 aromatic rings. The van der Waals surface area contributed by atoms with Crippen LogP contribution in [-0.4, -0.2) is 25.0 Å². The first-order chi connectivity index (χ1) is 7.16. The molecule has 0 bridgehead atoms. The fraction of sp³-hybridized carbons (Fsp3) is 0.385. The SMILES string of the molecule is Cc1cc(C2=CCCN(C)C2)ccc1N. The molecule has 0 aromatic heterocycles. The molecule has 80 valence electrons. The largest absolute Gasteiger partial charge is 0.399 e. The van der Waals surface area contributed by atoms with Crippen molar-refractivity contribution in [3.63, 3.8) is 0 Å². The van der Waals surface area contributed by atoms with Crippen LogP contribution in [0, 0.1) is 6.92 Å². The summed E-state index contributed by atoms with van der Waals surface area (Å²) >= 11 is 0. The van der Waals surface area contributed by atoms with E-state index in [4.69, 9.17) is 5.73 Å². The van der Waals surface area contributed by atoms with E-state index < -0.39 is 0 Å². The lowest BCUT2D eigenvalue weighted by Gasteiger charge is -2.23. The Kier molecular flexibility index (Phi) is 2.78. The van der Waals surface area contributed by atoms with Crippen molar-refractivity contribution in [3.05, 3.63) is 35.4 Å². The average Bonchev–Trinajstić information content (AvgIpc) is 2.22. The van der Waals surface area contributed by atoms with Crippen LogP contribution in [0.3, 0.4) is 0 Å². The Morgan fingerprint density at radius 1 is 1.33 bits per heavy atom. The highest BCUT2D eigenvalue weighted by atomic mass is 15.1. The number of likely N-dealkylation sites (N-methyl/N-ethyl adjacent to an activating group) is 1. The Hall–Kier alpha value is -1.28. The first kappa shape index (κ1) is 10.2. The van der Waals surface area contributed by atoms with Gasteiger partial charge in [-0.05, 0) is 49.2 Å². The van der Waals surface area contributed by atoms with E-state index in [0.29, 0.717) is 0 Å². The summed E-state index contributed by atoms with van der Waals surface area (Å²) in [6.45, 7) is 4.27. The van der Waals surface area contributed by atoms with Crippen LogP contribution in [0.15, 0.2) is 24.3 Å². The van der Waals surface area contributed by atoms with Crippen LogP contribution < -0.4 is 5.73 Å². The fourth-order valence-electron chi connectivity index (χ4n) is 1.98. The summed E-state index contributed by atoms with van der Waals surface area (Å²) in [7, 11) is 2.16. The highest BCUT2D eigenvalue weighted by Gasteiger charge is 2.10. The van der Waals surface area contributed by atoms with E-state index in [1.807, 2.05) is 6.07 Å². The van der Waals surface area contributed by atoms with Gasteiger partial charge in [0.05, 0.1) is 0 Å². The first-order valence-electron chi connectivity index (χ1n) is 5.41. The number of benzene rings is 1. The summed E-state index contributed by atoms with van der Waals surface area (Å²) in [6.07, 6.45) is 3.49. The van der Waals surface area contributed by atoms with E-state index >= 15 is 0 Å². The monoisotopic (exact) mass is 202 g/mol. The summed E-state index contributed by atoms with van der Waals surface area (Å²) in [4.78, 5) is 2.35. The molecule has 2 N–H and O–H groups in total. The summed E-state index contributed by atoms with van der Waals surface area (Å²) in [5, 5.41) is 0. The molecule has 1 heterocycles. The highest BCUT2D eigenvalue weighted by Crippen LogP contribution is 2.23. The second-order valence-corrected chi connectivity index (χ2v) is 4.33. The molecule has 0 spiro atoms. The van der Waals surface area contributed by atoms with Crippen molar-refractivity contribution >= 4 is 11.3 Å². The maximum atomic E-state index is 5.82. The van der Waals surface area contributed by atoms with E-state index in [0.717, 1.165) is 25.2 Å². The molecule has 1 aromatic carbocycles. The molecule has 15 heavy (non-hydrogen) atoms. The molecule has 0 fully saturated rings. The first-order valence-corrected chi connectivity index (χ1v) is 5.41. The van der Waals surface area contributed by atoms with Crippen LogP contribution in [0.1, 0.15) is 17.5 Å². The normalized spacial score (nSPS) is 17.6. The third-order valence-electron chi connectivity index (χ3n) is 2.98. The molecule has 0 radical (unpaired) electrons. The van der Waals surface area contributed by atoms with Gasteiger partial charge in [0, 0.05) is 18.8 Å². The summed E-state index contributed by atoms with van der Waals surface area (Å²) in [6, 6.07) is 6.30. The summed E-state index contributed by atoms with van der Waals surface area (Å²) in [5.41, 5.74) is 10.6. The van der Waals surface area contributed by atoms with Gasteiger partial charge in [-0.25, -0.2) is 0 Å². The van der Waals surface area contributed by atoms with Gasteiger partial charge in [-0.1, -0.05) is 12.1 Å². The zero-order valence-corrected chi connectivity index (χ0v) is 9.46. The van der Waals surface area contributed by atoms with Crippen LogP contribution in [0.5, 0.6) is 0 Å². The van der Waals surface area contributed by atoms with Crippen molar-refractivity contribution in [2.75, 3.05) is 25.9 Å². The van der Waals surface area contributed by atoms with Gasteiger partial charge in [-0.15, -0.1) is 0 Å². The van der Waals surface area contributed by atoms with Crippen LogP contribution in [0.2, 0.25) is 0 Å². The zero-order valence-electron chi connectivity index (χ0n) is 9.46. The summed E-state index contributed by atoms with van der Waals surface area (Å²) < 4.78 is 0. The van der Waals surface area contributed by atoms with E-state index in [9.17, 15) is 0 Å². The predicted molar refractivity (Wildman–Crippen MR) is 65.7 cm³/mol. The minimum absolute atomic E-state index is 0.878. The molecule has 0 saturated heterocycles. The van der Waals surface area contributed by atoms with Gasteiger partial charge in [0.2, 0.25) is 0 Å². The number of rotatable bonds is 1. The standard InChI is InChI=1S/C13H18N2/c1-10-8-11(5-6-13(10)14)12-4-3-7-15(2)9-12/h4-6,8H,3,7,9,14H2,1-2H3. The molecule has 2 heteroatoms. The number of aryl methyl sites for hydroxylation is 1. The van der Waals surface area contributed by atoms with Gasteiger partial charge < -0.3 is 10.6 Å². The summed E-state index contributed by atoms with van der Waals surface area (Å²) in [5.74, 6) is 0. The van der Waals surface area contributed by atoms with Crippen molar-refractivity contribution in [2.45, 2.75) is 13.3 Å². The van der Waals surface area contributed by atoms with Gasteiger partial charge >= 0.3 is 0 Å². The third kappa shape index (κ3) is 2.21. The van der Waals surface area contributed by atoms with Crippen LogP contribution in [0.4, 0.5) is 5.69 Å². The van der Waals surface area contributed by atoms with Crippen molar-refractivity contribution in [2.24, 2.45) is 0 Å². The number of nitrogens with two attached hydrogens (primary N) is 1. The third-order valence-corrected chi connectivity index (χ3v) is 2.98. The molecule has 0 saturated carbocycles. The van der Waals surface area contributed by atoms with Crippen molar-refractivity contribution in [3.8, 4) is 0 Å². The topological polar surface area (TPSA) is 29.3 Å². The van der Waals surface area contributed by atoms with Crippen molar-refractivity contribution in [1.29, 1.82) is 0 Å². The molecule has 1 aliphatic heterocycles. The second-order valence-electron chi connectivity index (χ2n) is 4.33. The van der Waals surface area contributed by atoms with E-state index in [2.05, 4.69) is 37.1 Å². The lowest BCUT2D eigenvalue weighted by Crippen LogP contribution is -2.24. The lowest BCUT2D eigenvalue weighted by atomic mass is 9.99. The molecule has 0 amide bonds.